The van der Waals surface area contributed by atoms with Gasteiger partial charge in [-0.2, -0.15) is 0 Å². The van der Waals surface area contributed by atoms with E-state index in [1.807, 2.05) is 24.3 Å². The standard InChI is InChI=1S/C15H23N3O2.ClH/c1-20-12-13-4-2-3-5-14(13)15(19)17-8-11-18-9-6-16-7-10-18;/h2-5,16H,6-12H2,1H3,(H,17,19);1H. The molecule has 0 unspecified atom stereocenters. The minimum Gasteiger partial charge on any atom is -0.380 e. The van der Waals surface area contributed by atoms with E-state index in [0.29, 0.717) is 18.7 Å². The Balaban J connectivity index is 0.00000220. The number of nitrogens with zero attached hydrogens (tertiary/aromatic N) is 1. The van der Waals surface area contributed by atoms with Gasteiger partial charge in [0.25, 0.3) is 5.91 Å². The Hall–Kier alpha value is -1.14. The summed E-state index contributed by atoms with van der Waals surface area (Å²) in [7, 11) is 1.64. The summed E-state index contributed by atoms with van der Waals surface area (Å²) in [5.74, 6) is -0.0206. The number of halogens is 1. The third-order valence-electron chi connectivity index (χ3n) is 3.49. The van der Waals surface area contributed by atoms with Gasteiger partial charge in [0.15, 0.2) is 0 Å². The first kappa shape index (κ1) is 17.9. The number of rotatable bonds is 6. The van der Waals surface area contributed by atoms with Gasteiger partial charge in [-0.3, -0.25) is 9.69 Å². The maximum Gasteiger partial charge on any atom is 0.251 e. The molecule has 0 aromatic heterocycles. The quantitative estimate of drug-likeness (QED) is 0.819. The molecule has 0 aliphatic carbocycles. The Kier molecular flexibility index (Phi) is 8.30. The normalized spacial score (nSPS) is 15.3. The highest BCUT2D eigenvalue weighted by Crippen LogP contribution is 2.09. The Bertz CT molecular complexity index is 437. The van der Waals surface area contributed by atoms with Crippen LogP contribution in [0.3, 0.4) is 0 Å². The van der Waals surface area contributed by atoms with Gasteiger partial charge < -0.3 is 15.4 Å². The highest BCUT2D eigenvalue weighted by molar-refractivity contribution is 5.95. The highest BCUT2D eigenvalue weighted by atomic mass is 35.5. The molecule has 1 fully saturated rings. The van der Waals surface area contributed by atoms with Crippen LogP contribution in [-0.2, 0) is 11.3 Å². The van der Waals surface area contributed by atoms with Gasteiger partial charge in [0.2, 0.25) is 0 Å². The van der Waals surface area contributed by atoms with Crippen molar-refractivity contribution < 1.29 is 9.53 Å². The second-order valence-corrected chi connectivity index (χ2v) is 4.94. The van der Waals surface area contributed by atoms with Gasteiger partial charge in [0, 0.05) is 51.9 Å². The number of amides is 1. The molecule has 1 aromatic rings. The van der Waals surface area contributed by atoms with Gasteiger partial charge in [-0.25, -0.2) is 0 Å². The first-order chi connectivity index (χ1) is 9.81. The van der Waals surface area contributed by atoms with Crippen LogP contribution in [0.2, 0.25) is 0 Å². The van der Waals surface area contributed by atoms with Crippen LogP contribution in [0, 0.1) is 0 Å². The fourth-order valence-corrected chi connectivity index (χ4v) is 2.38. The number of carbonyl (C=O) groups excluding carboxylic acids is 1. The van der Waals surface area contributed by atoms with Crippen molar-refractivity contribution in [3.05, 3.63) is 35.4 Å². The van der Waals surface area contributed by atoms with Crippen LogP contribution in [0.15, 0.2) is 24.3 Å². The molecule has 0 spiro atoms. The zero-order chi connectivity index (χ0) is 14.2. The lowest BCUT2D eigenvalue weighted by molar-refractivity contribution is 0.0942. The molecule has 0 radical (unpaired) electrons. The summed E-state index contributed by atoms with van der Waals surface area (Å²) in [5, 5.41) is 6.31. The number of ether oxygens (including phenoxy) is 1. The van der Waals surface area contributed by atoms with Gasteiger partial charge in [-0.15, -0.1) is 12.4 Å². The summed E-state index contributed by atoms with van der Waals surface area (Å²) in [6, 6.07) is 7.57. The summed E-state index contributed by atoms with van der Waals surface area (Å²) in [6.07, 6.45) is 0. The minimum absolute atomic E-state index is 0. The molecule has 1 aliphatic rings. The average molecular weight is 314 g/mol. The van der Waals surface area contributed by atoms with Gasteiger partial charge in [-0.1, -0.05) is 18.2 Å². The number of carbonyl (C=O) groups is 1. The van der Waals surface area contributed by atoms with Gasteiger partial charge in [0.05, 0.1) is 6.61 Å². The largest absolute Gasteiger partial charge is 0.380 e. The number of hydrogen-bond acceptors (Lipinski definition) is 4. The van der Waals surface area contributed by atoms with Crippen molar-refractivity contribution in [3.63, 3.8) is 0 Å². The molecule has 1 heterocycles. The Labute approximate surface area is 132 Å². The van der Waals surface area contributed by atoms with Crippen molar-refractivity contribution in [1.82, 2.24) is 15.5 Å². The molecule has 2 N–H and O–H groups in total. The molecule has 6 heteroatoms. The van der Waals surface area contributed by atoms with Crippen LogP contribution in [0.25, 0.3) is 0 Å². The maximum atomic E-state index is 12.2. The third-order valence-corrected chi connectivity index (χ3v) is 3.49. The fourth-order valence-electron chi connectivity index (χ4n) is 2.38. The molecule has 1 aliphatic heterocycles. The van der Waals surface area contributed by atoms with Crippen LogP contribution in [0.4, 0.5) is 0 Å². The van der Waals surface area contributed by atoms with Crippen LogP contribution in [-0.4, -0.2) is 57.2 Å². The summed E-state index contributed by atoms with van der Waals surface area (Å²) >= 11 is 0. The van der Waals surface area contributed by atoms with E-state index in [2.05, 4.69) is 15.5 Å². The lowest BCUT2D eigenvalue weighted by Crippen LogP contribution is -2.46. The predicted molar refractivity (Wildman–Crippen MR) is 86.0 cm³/mol. The summed E-state index contributed by atoms with van der Waals surface area (Å²) in [6.45, 7) is 6.21. The van der Waals surface area contributed by atoms with Crippen molar-refractivity contribution in [3.8, 4) is 0 Å². The third kappa shape index (κ3) is 5.63. The molecule has 1 amide bonds. The number of nitrogens with one attached hydrogen (secondary N) is 2. The second kappa shape index (κ2) is 9.73. The molecule has 2 rings (SSSR count). The Morgan fingerprint density at radius 1 is 1.33 bits per heavy atom. The zero-order valence-corrected chi connectivity index (χ0v) is 13.2. The molecular formula is C15H24ClN3O2. The van der Waals surface area contributed by atoms with Crippen molar-refractivity contribution in [2.75, 3.05) is 46.4 Å². The van der Waals surface area contributed by atoms with E-state index < -0.39 is 0 Å². The topological polar surface area (TPSA) is 53.6 Å². The van der Waals surface area contributed by atoms with E-state index in [1.165, 1.54) is 0 Å². The number of piperazine rings is 1. The second-order valence-electron chi connectivity index (χ2n) is 4.94. The zero-order valence-electron chi connectivity index (χ0n) is 12.4. The van der Waals surface area contributed by atoms with Gasteiger partial charge in [-0.05, 0) is 11.6 Å². The number of hydrogen-bond donors (Lipinski definition) is 2. The van der Waals surface area contributed by atoms with Crippen molar-refractivity contribution >= 4 is 18.3 Å². The van der Waals surface area contributed by atoms with E-state index in [0.717, 1.165) is 38.3 Å². The maximum absolute atomic E-state index is 12.2. The highest BCUT2D eigenvalue weighted by Gasteiger charge is 2.12. The number of methoxy groups -OCH3 is 1. The summed E-state index contributed by atoms with van der Waals surface area (Å²) in [5.41, 5.74) is 1.63. The van der Waals surface area contributed by atoms with Gasteiger partial charge >= 0.3 is 0 Å². The average Bonchev–Trinajstić information content (AvgIpc) is 2.49. The van der Waals surface area contributed by atoms with Crippen LogP contribution >= 0.6 is 12.4 Å². The number of benzene rings is 1. The fraction of sp³-hybridized carbons (Fsp3) is 0.533. The Morgan fingerprint density at radius 2 is 2.05 bits per heavy atom. The van der Waals surface area contributed by atoms with Crippen molar-refractivity contribution in [2.24, 2.45) is 0 Å². The molecule has 0 atom stereocenters. The lowest BCUT2D eigenvalue weighted by atomic mass is 10.1. The molecule has 118 valence electrons. The van der Waals surface area contributed by atoms with Crippen molar-refractivity contribution in [1.29, 1.82) is 0 Å². The van der Waals surface area contributed by atoms with Gasteiger partial charge in [0.1, 0.15) is 0 Å². The van der Waals surface area contributed by atoms with Crippen molar-refractivity contribution in [2.45, 2.75) is 6.61 Å². The van der Waals surface area contributed by atoms with E-state index in [9.17, 15) is 4.79 Å². The lowest BCUT2D eigenvalue weighted by Gasteiger charge is -2.27. The molecule has 21 heavy (non-hydrogen) atoms. The molecule has 0 saturated carbocycles. The molecule has 0 bridgehead atoms. The van der Waals surface area contributed by atoms with E-state index in [1.54, 1.807) is 7.11 Å². The SMILES string of the molecule is COCc1ccccc1C(=O)NCCN1CCNCC1.Cl. The molecule has 1 saturated heterocycles. The summed E-state index contributed by atoms with van der Waals surface area (Å²) < 4.78 is 5.12. The first-order valence-electron chi connectivity index (χ1n) is 7.09. The molecule has 5 nitrogen and oxygen atoms in total. The van der Waals surface area contributed by atoms with E-state index in [4.69, 9.17) is 4.74 Å². The van der Waals surface area contributed by atoms with E-state index in [-0.39, 0.29) is 18.3 Å². The smallest absolute Gasteiger partial charge is 0.251 e. The van der Waals surface area contributed by atoms with Crippen LogP contribution in [0.1, 0.15) is 15.9 Å². The minimum atomic E-state index is -0.0206. The van der Waals surface area contributed by atoms with E-state index >= 15 is 0 Å². The Morgan fingerprint density at radius 3 is 2.76 bits per heavy atom. The first-order valence-corrected chi connectivity index (χ1v) is 7.09. The van der Waals surface area contributed by atoms with Crippen LogP contribution in [0.5, 0.6) is 0 Å². The van der Waals surface area contributed by atoms with Crippen LogP contribution < -0.4 is 10.6 Å². The summed E-state index contributed by atoms with van der Waals surface area (Å²) in [4.78, 5) is 14.5. The predicted octanol–water partition coefficient (Wildman–Crippen LogP) is 0.890. The molecular weight excluding hydrogens is 290 g/mol. The molecule has 1 aromatic carbocycles. The monoisotopic (exact) mass is 313 g/mol.